The summed E-state index contributed by atoms with van der Waals surface area (Å²) in [4.78, 5) is 14.4. The van der Waals surface area contributed by atoms with E-state index < -0.39 is 6.29 Å². The molecule has 0 saturated heterocycles. The van der Waals surface area contributed by atoms with Crippen LogP contribution in [0, 0.1) is 0 Å². The molecule has 0 radical (unpaired) electrons. The first-order chi connectivity index (χ1) is 28.0. The minimum absolute atomic E-state index is 0.159. The van der Waals surface area contributed by atoms with Crippen LogP contribution < -0.4 is 5.32 Å². The van der Waals surface area contributed by atoms with Gasteiger partial charge in [-0.05, 0) is 109 Å². The van der Waals surface area contributed by atoms with E-state index in [0.29, 0.717) is 19.1 Å². The molecule has 1 unspecified atom stereocenters. The Hall–Kier alpha value is -1.11. The maximum absolute atomic E-state index is 11.8. The van der Waals surface area contributed by atoms with Gasteiger partial charge in [0, 0.05) is 26.0 Å². The highest BCUT2D eigenvalue weighted by Gasteiger charge is 2.22. The van der Waals surface area contributed by atoms with Crippen molar-refractivity contribution >= 4 is 5.91 Å². The van der Waals surface area contributed by atoms with E-state index >= 15 is 0 Å². The van der Waals surface area contributed by atoms with Crippen molar-refractivity contribution in [3.05, 3.63) is 11.3 Å². The standard InChI is InChI=1S/C51H100N2O4/c1-5-9-12-15-18-27-34-46-56-51(55)39-31-24-20-26-33-44-53(45-35-42-52-50(54)8-4)43-32-25-19-23-30-38-49(47-40-41-47)57-48(36-28-21-16-13-10-6-2)37-29-22-17-14-11-7-3/h48,51,55H,5-46H2,1-4H3,(H,52,54). The molecule has 6 heteroatoms. The Bertz CT molecular complexity index is 872. The molecule has 1 atom stereocenters. The quantitative estimate of drug-likeness (QED) is 0.0364. The Balaban J connectivity index is 2.33. The molecule has 0 heterocycles. The van der Waals surface area contributed by atoms with Crippen LogP contribution in [0.1, 0.15) is 265 Å². The molecule has 0 aromatic rings. The second kappa shape index (κ2) is 41.6. The maximum Gasteiger partial charge on any atom is 0.219 e. The molecule has 338 valence electrons. The van der Waals surface area contributed by atoms with Crippen LogP contribution in [0.15, 0.2) is 11.3 Å². The second-order valence-corrected chi connectivity index (χ2v) is 17.8. The third-order valence-corrected chi connectivity index (χ3v) is 12.1. The van der Waals surface area contributed by atoms with Gasteiger partial charge < -0.3 is 24.8 Å². The van der Waals surface area contributed by atoms with E-state index in [9.17, 15) is 9.90 Å². The van der Waals surface area contributed by atoms with Crippen molar-refractivity contribution in [1.29, 1.82) is 0 Å². The summed E-state index contributed by atoms with van der Waals surface area (Å²) < 4.78 is 12.6. The van der Waals surface area contributed by atoms with Gasteiger partial charge in [0.15, 0.2) is 6.29 Å². The van der Waals surface area contributed by atoms with Crippen LogP contribution in [0.4, 0.5) is 0 Å². The molecular formula is C51H100N2O4. The second-order valence-electron chi connectivity index (χ2n) is 17.8. The van der Waals surface area contributed by atoms with Crippen LogP contribution in [0.25, 0.3) is 0 Å². The van der Waals surface area contributed by atoms with Crippen LogP contribution in [0.2, 0.25) is 0 Å². The minimum atomic E-state index is -0.592. The number of amides is 1. The highest BCUT2D eigenvalue weighted by molar-refractivity contribution is 5.75. The Kier molecular flexibility index (Phi) is 39.4. The lowest BCUT2D eigenvalue weighted by atomic mass is 10.0. The lowest BCUT2D eigenvalue weighted by Gasteiger charge is -2.23. The summed E-state index contributed by atoms with van der Waals surface area (Å²) in [5.41, 5.74) is 1.62. The van der Waals surface area contributed by atoms with Gasteiger partial charge in [0.1, 0.15) is 0 Å². The Labute approximate surface area is 356 Å². The molecule has 0 spiro atoms. The summed E-state index contributed by atoms with van der Waals surface area (Å²) >= 11 is 0. The first-order valence-corrected chi connectivity index (χ1v) is 25.7. The highest BCUT2D eigenvalue weighted by Crippen LogP contribution is 2.36. The highest BCUT2D eigenvalue weighted by atomic mass is 16.6. The molecule has 0 bridgehead atoms. The van der Waals surface area contributed by atoms with Crippen molar-refractivity contribution in [2.24, 2.45) is 0 Å². The summed E-state index contributed by atoms with van der Waals surface area (Å²) in [7, 11) is 0. The van der Waals surface area contributed by atoms with E-state index in [0.717, 1.165) is 51.7 Å². The average molecular weight is 805 g/mol. The van der Waals surface area contributed by atoms with Crippen LogP contribution >= 0.6 is 0 Å². The monoisotopic (exact) mass is 805 g/mol. The molecule has 1 fully saturated rings. The Morgan fingerprint density at radius 3 is 1.51 bits per heavy atom. The zero-order valence-corrected chi connectivity index (χ0v) is 39.0. The number of hydrogen-bond acceptors (Lipinski definition) is 5. The average Bonchev–Trinajstić information content (AvgIpc) is 4.07. The number of nitrogens with one attached hydrogen (secondary N) is 1. The molecule has 57 heavy (non-hydrogen) atoms. The summed E-state index contributed by atoms with van der Waals surface area (Å²) in [6.45, 7) is 13.7. The summed E-state index contributed by atoms with van der Waals surface area (Å²) in [5.74, 6) is 1.55. The fourth-order valence-corrected chi connectivity index (χ4v) is 8.12. The lowest BCUT2D eigenvalue weighted by Crippen LogP contribution is -2.31. The van der Waals surface area contributed by atoms with Crippen LogP contribution in [-0.4, -0.2) is 61.1 Å². The third-order valence-electron chi connectivity index (χ3n) is 12.1. The van der Waals surface area contributed by atoms with Crippen LogP contribution in [0.3, 0.4) is 0 Å². The minimum Gasteiger partial charge on any atom is -0.495 e. The molecule has 1 aliphatic rings. The third kappa shape index (κ3) is 36.5. The molecule has 1 saturated carbocycles. The van der Waals surface area contributed by atoms with E-state index in [-0.39, 0.29) is 5.91 Å². The van der Waals surface area contributed by atoms with E-state index in [1.54, 1.807) is 5.57 Å². The number of carbonyl (C=O) groups excluding carboxylic acids is 1. The van der Waals surface area contributed by atoms with Gasteiger partial charge in [-0.1, -0.05) is 169 Å². The summed E-state index contributed by atoms with van der Waals surface area (Å²) in [5, 5.41) is 13.3. The zero-order valence-electron chi connectivity index (χ0n) is 39.0. The summed E-state index contributed by atoms with van der Waals surface area (Å²) in [6, 6.07) is 0. The van der Waals surface area contributed by atoms with E-state index in [2.05, 4.69) is 31.0 Å². The molecule has 0 aliphatic heterocycles. The molecular weight excluding hydrogens is 705 g/mol. The molecule has 1 aliphatic carbocycles. The molecule has 1 amide bonds. The Morgan fingerprint density at radius 1 is 0.561 bits per heavy atom. The first kappa shape index (κ1) is 53.9. The summed E-state index contributed by atoms with van der Waals surface area (Å²) in [6.07, 6.45) is 46.1. The van der Waals surface area contributed by atoms with Crippen molar-refractivity contribution in [1.82, 2.24) is 10.2 Å². The topological polar surface area (TPSA) is 71.0 Å². The van der Waals surface area contributed by atoms with Gasteiger partial charge in [0.25, 0.3) is 0 Å². The largest absolute Gasteiger partial charge is 0.495 e. The number of unbranched alkanes of at least 4 members (excludes halogenated alkanes) is 24. The first-order valence-electron chi connectivity index (χ1n) is 25.7. The van der Waals surface area contributed by atoms with Crippen molar-refractivity contribution in [2.45, 2.75) is 278 Å². The molecule has 0 aromatic carbocycles. The van der Waals surface area contributed by atoms with Gasteiger partial charge >= 0.3 is 0 Å². The number of hydrogen-bond donors (Lipinski definition) is 2. The maximum atomic E-state index is 11.8. The van der Waals surface area contributed by atoms with Crippen molar-refractivity contribution in [3.63, 3.8) is 0 Å². The molecule has 1 rings (SSSR count). The lowest BCUT2D eigenvalue weighted by molar-refractivity contribution is -0.120. The molecule has 6 nitrogen and oxygen atoms in total. The number of rotatable bonds is 46. The van der Waals surface area contributed by atoms with Crippen LogP contribution in [0.5, 0.6) is 0 Å². The van der Waals surface area contributed by atoms with E-state index in [1.165, 1.54) is 211 Å². The van der Waals surface area contributed by atoms with Crippen molar-refractivity contribution < 1.29 is 19.4 Å². The number of aliphatic hydroxyl groups excluding tert-OH is 1. The predicted molar refractivity (Wildman–Crippen MR) is 247 cm³/mol. The normalized spacial score (nSPS) is 13.2. The van der Waals surface area contributed by atoms with Gasteiger partial charge in [-0.25, -0.2) is 0 Å². The van der Waals surface area contributed by atoms with Crippen molar-refractivity contribution in [2.75, 3.05) is 32.8 Å². The SMILES string of the molecule is CCCCCCCCCOC(O)CCCCCCCN(CCCCCCCC(OC(CCCCCCCC)CCCCCCCC)=C1CC1)CCCNC(=O)CC. The van der Waals surface area contributed by atoms with E-state index in [1.807, 2.05) is 6.92 Å². The smallest absolute Gasteiger partial charge is 0.219 e. The van der Waals surface area contributed by atoms with Gasteiger partial charge in [0.2, 0.25) is 5.91 Å². The number of allylic oxidation sites excluding steroid dienone is 2. The van der Waals surface area contributed by atoms with E-state index in [4.69, 9.17) is 9.47 Å². The van der Waals surface area contributed by atoms with Gasteiger partial charge in [-0.2, -0.15) is 0 Å². The molecule has 0 aromatic heterocycles. The van der Waals surface area contributed by atoms with Crippen molar-refractivity contribution in [3.8, 4) is 0 Å². The zero-order chi connectivity index (χ0) is 41.3. The number of aliphatic hydroxyl groups is 1. The number of ether oxygens (including phenoxy) is 2. The fourth-order valence-electron chi connectivity index (χ4n) is 8.12. The number of carbonyl (C=O) groups is 1. The van der Waals surface area contributed by atoms with Gasteiger partial charge in [0.05, 0.1) is 11.9 Å². The Morgan fingerprint density at radius 2 is 1.00 bits per heavy atom. The predicted octanol–water partition coefficient (Wildman–Crippen LogP) is 14.9. The van der Waals surface area contributed by atoms with Crippen LogP contribution in [-0.2, 0) is 14.3 Å². The fraction of sp³-hybridized carbons (Fsp3) is 0.941. The van der Waals surface area contributed by atoms with Gasteiger partial charge in [-0.3, -0.25) is 4.79 Å². The molecule has 2 N–H and O–H groups in total. The van der Waals surface area contributed by atoms with Gasteiger partial charge in [-0.15, -0.1) is 0 Å². The number of nitrogens with zero attached hydrogens (tertiary/aromatic N) is 1.